The minimum atomic E-state index is -4.67. The second-order valence-electron chi connectivity index (χ2n) is 8.40. The zero-order valence-corrected chi connectivity index (χ0v) is 19.3. The standard InChI is InChI=1S/C24H20F4N4OS/c1-23(2,3)15-8-4-5-9-17(15)33-21-16(10-11-18(25)31-21)30-22-32-20(24(26,27)28)19(34-22)14-7-6-12-29-13-14/h4-13H,1-3H3,(H,30,32). The van der Waals surface area contributed by atoms with E-state index in [1.165, 1.54) is 24.5 Å². The smallest absolute Gasteiger partial charge is 0.434 e. The number of ether oxygens (including phenoxy) is 1. The number of anilines is 2. The minimum Gasteiger partial charge on any atom is -0.437 e. The number of halogens is 4. The van der Waals surface area contributed by atoms with Crippen LogP contribution in [0.4, 0.5) is 28.4 Å². The summed E-state index contributed by atoms with van der Waals surface area (Å²) in [6.45, 7) is 6.00. The van der Waals surface area contributed by atoms with Crippen LogP contribution in [-0.2, 0) is 11.6 Å². The fraction of sp³-hybridized carbons (Fsp3) is 0.208. The number of pyridine rings is 2. The lowest BCUT2D eigenvalue weighted by molar-refractivity contribution is -0.140. The van der Waals surface area contributed by atoms with Crippen LogP contribution in [0.3, 0.4) is 0 Å². The van der Waals surface area contributed by atoms with Crippen LogP contribution in [0.15, 0.2) is 60.9 Å². The molecule has 3 heterocycles. The normalized spacial score (nSPS) is 12.0. The third-order valence-electron chi connectivity index (χ3n) is 4.79. The molecule has 3 aromatic heterocycles. The van der Waals surface area contributed by atoms with E-state index < -0.39 is 17.8 Å². The van der Waals surface area contributed by atoms with E-state index in [1.54, 1.807) is 18.2 Å². The highest BCUT2D eigenvalue weighted by atomic mass is 32.1. The average molecular weight is 489 g/mol. The van der Waals surface area contributed by atoms with Gasteiger partial charge in [-0.1, -0.05) is 56.4 Å². The van der Waals surface area contributed by atoms with E-state index in [2.05, 4.69) is 20.3 Å². The summed E-state index contributed by atoms with van der Waals surface area (Å²) in [5.41, 5.74) is 0.00848. The first-order valence-corrected chi connectivity index (χ1v) is 11.0. The highest BCUT2D eigenvalue weighted by Crippen LogP contribution is 2.43. The fourth-order valence-corrected chi connectivity index (χ4v) is 4.23. The van der Waals surface area contributed by atoms with Crippen LogP contribution in [-0.4, -0.2) is 15.0 Å². The Balaban J connectivity index is 1.73. The Morgan fingerprint density at radius 1 is 0.941 bits per heavy atom. The minimum absolute atomic E-state index is 0.0476. The summed E-state index contributed by atoms with van der Waals surface area (Å²) in [7, 11) is 0. The Labute approximate surface area is 197 Å². The highest BCUT2D eigenvalue weighted by molar-refractivity contribution is 7.19. The molecular formula is C24H20F4N4OS. The van der Waals surface area contributed by atoms with Crippen molar-refractivity contribution in [3.05, 3.63) is 78.1 Å². The van der Waals surface area contributed by atoms with Crippen molar-refractivity contribution in [3.8, 4) is 22.1 Å². The molecule has 0 amide bonds. The summed E-state index contributed by atoms with van der Waals surface area (Å²) >= 11 is 0.802. The van der Waals surface area contributed by atoms with Crippen LogP contribution < -0.4 is 10.1 Å². The molecule has 0 radical (unpaired) electrons. The number of thiazole rings is 1. The van der Waals surface area contributed by atoms with Crippen LogP contribution in [0.25, 0.3) is 10.4 Å². The lowest BCUT2D eigenvalue weighted by atomic mass is 9.86. The van der Waals surface area contributed by atoms with Gasteiger partial charge in [0.1, 0.15) is 11.4 Å². The van der Waals surface area contributed by atoms with Crippen molar-refractivity contribution in [1.29, 1.82) is 0 Å². The molecule has 0 fully saturated rings. The molecule has 4 rings (SSSR count). The third kappa shape index (κ3) is 5.17. The van der Waals surface area contributed by atoms with Crippen LogP contribution in [0, 0.1) is 5.95 Å². The Morgan fingerprint density at radius 3 is 2.38 bits per heavy atom. The highest BCUT2D eigenvalue weighted by Gasteiger charge is 2.38. The second kappa shape index (κ2) is 9.02. The molecular weight excluding hydrogens is 468 g/mol. The van der Waals surface area contributed by atoms with Gasteiger partial charge in [-0.3, -0.25) is 4.98 Å². The van der Waals surface area contributed by atoms with Crippen molar-refractivity contribution in [2.24, 2.45) is 0 Å². The van der Waals surface area contributed by atoms with Crippen molar-refractivity contribution >= 4 is 22.2 Å². The van der Waals surface area contributed by atoms with Gasteiger partial charge in [-0.2, -0.15) is 22.5 Å². The first-order chi connectivity index (χ1) is 16.0. The molecule has 0 spiro atoms. The summed E-state index contributed by atoms with van der Waals surface area (Å²) in [4.78, 5) is 11.4. The van der Waals surface area contributed by atoms with Crippen molar-refractivity contribution in [2.75, 3.05) is 5.32 Å². The first kappa shape index (κ1) is 23.6. The zero-order valence-electron chi connectivity index (χ0n) is 18.4. The molecule has 4 aromatic rings. The fourth-order valence-electron chi connectivity index (χ4n) is 3.24. The lowest BCUT2D eigenvalue weighted by Crippen LogP contribution is -2.12. The number of rotatable bonds is 5. The van der Waals surface area contributed by atoms with E-state index in [0.717, 1.165) is 23.0 Å². The third-order valence-corrected chi connectivity index (χ3v) is 5.81. The molecule has 0 saturated carbocycles. The quantitative estimate of drug-likeness (QED) is 0.232. The maximum Gasteiger partial charge on any atom is 0.434 e. The number of alkyl halides is 3. The molecule has 0 saturated heterocycles. The van der Waals surface area contributed by atoms with Crippen molar-refractivity contribution in [1.82, 2.24) is 15.0 Å². The van der Waals surface area contributed by atoms with Gasteiger partial charge in [-0.05, 0) is 29.7 Å². The number of hydrogen-bond acceptors (Lipinski definition) is 6. The molecule has 5 nitrogen and oxygen atoms in total. The van der Waals surface area contributed by atoms with Gasteiger partial charge < -0.3 is 10.1 Å². The summed E-state index contributed by atoms with van der Waals surface area (Å²) in [6.07, 6.45) is -1.86. The summed E-state index contributed by atoms with van der Waals surface area (Å²) < 4.78 is 60.9. The topological polar surface area (TPSA) is 59.9 Å². The molecule has 0 aliphatic heterocycles. The Morgan fingerprint density at radius 2 is 1.71 bits per heavy atom. The van der Waals surface area contributed by atoms with E-state index in [4.69, 9.17) is 4.74 Å². The maximum atomic E-state index is 14.0. The van der Waals surface area contributed by atoms with E-state index in [-0.39, 0.29) is 32.6 Å². The largest absolute Gasteiger partial charge is 0.437 e. The van der Waals surface area contributed by atoms with Gasteiger partial charge in [-0.15, -0.1) is 0 Å². The van der Waals surface area contributed by atoms with Gasteiger partial charge in [0, 0.05) is 23.5 Å². The molecule has 1 N–H and O–H groups in total. The van der Waals surface area contributed by atoms with Crippen molar-refractivity contribution < 1.29 is 22.3 Å². The molecule has 10 heteroatoms. The molecule has 34 heavy (non-hydrogen) atoms. The van der Waals surface area contributed by atoms with Crippen molar-refractivity contribution in [2.45, 2.75) is 32.4 Å². The zero-order chi connectivity index (χ0) is 24.5. The number of benzene rings is 1. The molecule has 0 bridgehead atoms. The van der Waals surface area contributed by atoms with Gasteiger partial charge in [-0.25, -0.2) is 4.98 Å². The maximum absolute atomic E-state index is 14.0. The Hall–Kier alpha value is -3.53. The van der Waals surface area contributed by atoms with Gasteiger partial charge in [0.2, 0.25) is 11.8 Å². The number of para-hydroxylation sites is 1. The molecule has 0 aliphatic rings. The summed E-state index contributed by atoms with van der Waals surface area (Å²) in [6, 6.07) is 12.7. The van der Waals surface area contributed by atoms with E-state index in [1.807, 2.05) is 32.9 Å². The average Bonchev–Trinajstić information content (AvgIpc) is 3.20. The van der Waals surface area contributed by atoms with E-state index >= 15 is 0 Å². The number of nitrogens with zero attached hydrogens (tertiary/aromatic N) is 3. The van der Waals surface area contributed by atoms with Crippen LogP contribution in [0.1, 0.15) is 32.0 Å². The Kier molecular flexibility index (Phi) is 6.26. The lowest BCUT2D eigenvalue weighted by Gasteiger charge is -2.22. The number of nitrogens with one attached hydrogen (secondary N) is 1. The molecule has 0 atom stereocenters. The SMILES string of the molecule is CC(C)(C)c1ccccc1Oc1nc(F)ccc1Nc1nc(C(F)(F)F)c(-c2cccnc2)s1. The summed E-state index contributed by atoms with van der Waals surface area (Å²) in [5, 5.41) is 2.77. The number of hydrogen-bond donors (Lipinski definition) is 1. The van der Waals surface area contributed by atoms with Gasteiger partial charge in [0.05, 0.1) is 4.88 Å². The van der Waals surface area contributed by atoms with Gasteiger partial charge in [0.15, 0.2) is 10.8 Å². The Bertz CT molecular complexity index is 1300. The molecule has 1 aromatic carbocycles. The van der Waals surface area contributed by atoms with Crippen LogP contribution in [0.5, 0.6) is 11.6 Å². The van der Waals surface area contributed by atoms with Crippen LogP contribution in [0.2, 0.25) is 0 Å². The monoisotopic (exact) mass is 488 g/mol. The van der Waals surface area contributed by atoms with Crippen LogP contribution >= 0.6 is 11.3 Å². The first-order valence-electron chi connectivity index (χ1n) is 10.2. The predicted octanol–water partition coefficient (Wildman–Crippen LogP) is 7.59. The predicted molar refractivity (Wildman–Crippen MR) is 123 cm³/mol. The number of aromatic nitrogens is 3. The van der Waals surface area contributed by atoms with E-state index in [0.29, 0.717) is 5.75 Å². The summed E-state index contributed by atoms with van der Waals surface area (Å²) in [5.74, 6) is -0.453. The van der Waals surface area contributed by atoms with Gasteiger partial charge in [0.25, 0.3) is 0 Å². The van der Waals surface area contributed by atoms with Gasteiger partial charge >= 0.3 is 6.18 Å². The molecule has 176 valence electrons. The van der Waals surface area contributed by atoms with Crippen molar-refractivity contribution in [3.63, 3.8) is 0 Å². The molecule has 0 aliphatic carbocycles. The van der Waals surface area contributed by atoms with E-state index in [9.17, 15) is 17.6 Å². The molecule has 0 unspecified atom stereocenters. The second-order valence-corrected chi connectivity index (χ2v) is 9.40.